The molecule has 1 rings (SSSR count). The van der Waals surface area contributed by atoms with Crippen LogP contribution < -0.4 is 0 Å². The van der Waals surface area contributed by atoms with E-state index in [1.165, 1.54) is 6.07 Å². The molecule has 0 radical (unpaired) electrons. The largest absolute Gasteiger partial charge is 0.238 e. The Hall–Kier alpha value is -0.150. The third kappa shape index (κ3) is 1.91. The van der Waals surface area contributed by atoms with E-state index in [2.05, 4.69) is 20.9 Å². The number of halogens is 3. The second kappa shape index (κ2) is 3.50. The van der Waals surface area contributed by atoms with Crippen molar-refractivity contribution in [1.29, 1.82) is 0 Å². The van der Waals surface area contributed by atoms with Gasteiger partial charge >= 0.3 is 0 Å². The Morgan fingerprint density at radius 2 is 2.36 bits per heavy atom. The Bertz CT molecular complexity index is 277. The lowest BCUT2D eigenvalue weighted by atomic mass is 10.3. The van der Waals surface area contributed by atoms with Crippen LogP contribution in [0.5, 0.6) is 0 Å². The fourth-order valence-electron chi connectivity index (χ4n) is 0.683. The summed E-state index contributed by atoms with van der Waals surface area (Å²) in [6, 6.07) is 1.39. The van der Waals surface area contributed by atoms with Gasteiger partial charge in [-0.3, -0.25) is 0 Å². The third-order valence-electron chi connectivity index (χ3n) is 1.32. The van der Waals surface area contributed by atoms with Gasteiger partial charge in [0.05, 0.1) is 5.69 Å². The Balaban J connectivity index is 3.21. The quantitative estimate of drug-likeness (QED) is 0.541. The molecule has 0 aromatic carbocycles. The van der Waals surface area contributed by atoms with Crippen LogP contribution in [0.15, 0.2) is 6.07 Å². The molecule has 0 aliphatic rings. The molecule has 0 atom stereocenters. The van der Waals surface area contributed by atoms with Crippen LogP contribution in [0, 0.1) is 12.7 Å². The monoisotopic (exact) mass is 237 g/mol. The predicted molar refractivity (Wildman–Crippen MR) is 46.6 cm³/mol. The molecule has 1 aromatic heterocycles. The molecule has 60 valence electrons. The molecule has 0 spiro atoms. The minimum absolute atomic E-state index is 0.316. The molecular formula is C7H6BrClFN. The first-order valence-electron chi connectivity index (χ1n) is 3.02. The summed E-state index contributed by atoms with van der Waals surface area (Å²) in [5.74, 6) is -0.316. The van der Waals surface area contributed by atoms with Gasteiger partial charge in [-0.15, -0.1) is 0 Å². The fraction of sp³-hybridized carbons (Fsp3) is 0.286. The van der Waals surface area contributed by atoms with Crippen LogP contribution in [0.25, 0.3) is 0 Å². The highest BCUT2D eigenvalue weighted by Crippen LogP contribution is 2.18. The molecule has 0 bridgehead atoms. The summed E-state index contributed by atoms with van der Waals surface area (Å²) in [7, 11) is 0. The van der Waals surface area contributed by atoms with Gasteiger partial charge in [0.2, 0.25) is 0 Å². The van der Waals surface area contributed by atoms with Crippen molar-refractivity contribution in [2.45, 2.75) is 12.3 Å². The van der Waals surface area contributed by atoms with Crippen molar-refractivity contribution in [3.8, 4) is 0 Å². The zero-order valence-electron chi connectivity index (χ0n) is 5.87. The molecular weight excluding hydrogens is 232 g/mol. The summed E-state index contributed by atoms with van der Waals surface area (Å²) in [6.45, 7) is 1.58. The Morgan fingerprint density at radius 1 is 1.73 bits per heavy atom. The summed E-state index contributed by atoms with van der Waals surface area (Å²) in [6.07, 6.45) is 0. The van der Waals surface area contributed by atoms with Crippen LogP contribution >= 0.6 is 27.5 Å². The van der Waals surface area contributed by atoms with Gasteiger partial charge in [-0.05, 0) is 13.0 Å². The maximum Gasteiger partial charge on any atom is 0.144 e. The van der Waals surface area contributed by atoms with Crippen LogP contribution in [-0.4, -0.2) is 4.98 Å². The first-order chi connectivity index (χ1) is 5.15. The molecule has 0 fully saturated rings. The zero-order valence-corrected chi connectivity index (χ0v) is 8.21. The van der Waals surface area contributed by atoms with E-state index in [-0.39, 0.29) is 5.82 Å². The Labute approximate surface area is 77.7 Å². The lowest BCUT2D eigenvalue weighted by molar-refractivity contribution is 0.608. The van der Waals surface area contributed by atoms with Gasteiger partial charge in [-0.2, -0.15) is 0 Å². The molecule has 1 heterocycles. The molecule has 0 aliphatic carbocycles. The second-order valence-corrected chi connectivity index (χ2v) is 3.06. The highest BCUT2D eigenvalue weighted by molar-refractivity contribution is 9.08. The van der Waals surface area contributed by atoms with E-state index in [4.69, 9.17) is 11.6 Å². The predicted octanol–water partition coefficient (Wildman–Crippen LogP) is 3.08. The van der Waals surface area contributed by atoms with Gasteiger partial charge in [0, 0.05) is 10.9 Å². The number of hydrogen-bond donors (Lipinski definition) is 0. The lowest BCUT2D eigenvalue weighted by Crippen LogP contribution is -1.92. The minimum atomic E-state index is -0.316. The Kier molecular flexibility index (Phi) is 2.84. The first-order valence-corrected chi connectivity index (χ1v) is 4.52. The SMILES string of the molecule is Cc1nc(Cl)c(CBr)cc1F. The maximum atomic E-state index is 12.8. The number of aromatic nitrogens is 1. The van der Waals surface area contributed by atoms with Crippen molar-refractivity contribution in [3.05, 3.63) is 28.3 Å². The normalized spacial score (nSPS) is 10.2. The summed E-state index contributed by atoms with van der Waals surface area (Å²) in [5, 5.41) is 0.886. The van der Waals surface area contributed by atoms with Gasteiger partial charge in [-0.1, -0.05) is 27.5 Å². The second-order valence-electron chi connectivity index (χ2n) is 2.14. The number of rotatable bonds is 1. The van der Waals surface area contributed by atoms with Crippen LogP contribution in [0.2, 0.25) is 5.15 Å². The average Bonchev–Trinajstić information content (AvgIpc) is 1.97. The van der Waals surface area contributed by atoms with E-state index >= 15 is 0 Å². The molecule has 0 saturated carbocycles. The van der Waals surface area contributed by atoms with Gasteiger partial charge in [0.15, 0.2) is 0 Å². The van der Waals surface area contributed by atoms with Gasteiger partial charge in [0.25, 0.3) is 0 Å². The van der Waals surface area contributed by atoms with E-state index in [9.17, 15) is 4.39 Å². The molecule has 11 heavy (non-hydrogen) atoms. The van der Waals surface area contributed by atoms with E-state index < -0.39 is 0 Å². The zero-order chi connectivity index (χ0) is 8.43. The van der Waals surface area contributed by atoms with Gasteiger partial charge < -0.3 is 0 Å². The molecule has 1 nitrogen and oxygen atoms in total. The number of aryl methyl sites for hydroxylation is 1. The average molecular weight is 238 g/mol. The van der Waals surface area contributed by atoms with Crippen molar-refractivity contribution < 1.29 is 4.39 Å². The van der Waals surface area contributed by atoms with Crippen LogP contribution in [-0.2, 0) is 5.33 Å². The number of alkyl halides is 1. The molecule has 0 amide bonds. The summed E-state index contributed by atoms with van der Waals surface area (Å²) >= 11 is 8.87. The highest BCUT2D eigenvalue weighted by Gasteiger charge is 2.05. The molecule has 0 unspecified atom stereocenters. The highest BCUT2D eigenvalue weighted by atomic mass is 79.9. The van der Waals surface area contributed by atoms with Crippen LogP contribution in [0.4, 0.5) is 4.39 Å². The van der Waals surface area contributed by atoms with Crippen molar-refractivity contribution in [1.82, 2.24) is 4.98 Å². The van der Waals surface area contributed by atoms with E-state index in [1.807, 2.05) is 0 Å². The minimum Gasteiger partial charge on any atom is -0.238 e. The standard InChI is InChI=1S/C7H6BrClFN/c1-4-6(10)2-5(3-8)7(9)11-4/h2H,3H2,1H3. The topological polar surface area (TPSA) is 12.9 Å². The third-order valence-corrected chi connectivity index (χ3v) is 2.25. The smallest absolute Gasteiger partial charge is 0.144 e. The fourth-order valence-corrected chi connectivity index (χ4v) is 1.52. The molecule has 0 saturated heterocycles. The Morgan fingerprint density at radius 3 is 2.91 bits per heavy atom. The van der Waals surface area contributed by atoms with E-state index in [0.717, 1.165) is 0 Å². The van der Waals surface area contributed by atoms with Crippen molar-refractivity contribution in [2.24, 2.45) is 0 Å². The number of nitrogens with zero attached hydrogens (tertiary/aromatic N) is 1. The van der Waals surface area contributed by atoms with E-state index in [0.29, 0.717) is 21.7 Å². The molecule has 4 heteroatoms. The summed E-state index contributed by atoms with van der Waals surface area (Å²) < 4.78 is 12.8. The van der Waals surface area contributed by atoms with Crippen molar-refractivity contribution in [3.63, 3.8) is 0 Å². The molecule has 0 aliphatic heterocycles. The molecule has 0 N–H and O–H groups in total. The summed E-state index contributed by atoms with van der Waals surface area (Å²) in [5.41, 5.74) is 1.01. The van der Waals surface area contributed by atoms with Gasteiger partial charge in [0.1, 0.15) is 11.0 Å². The van der Waals surface area contributed by atoms with Gasteiger partial charge in [-0.25, -0.2) is 9.37 Å². The maximum absolute atomic E-state index is 12.8. The van der Waals surface area contributed by atoms with Crippen LogP contribution in [0.1, 0.15) is 11.3 Å². The van der Waals surface area contributed by atoms with E-state index in [1.54, 1.807) is 6.92 Å². The van der Waals surface area contributed by atoms with Crippen LogP contribution in [0.3, 0.4) is 0 Å². The number of hydrogen-bond acceptors (Lipinski definition) is 1. The lowest BCUT2D eigenvalue weighted by Gasteiger charge is -2.00. The summed E-state index contributed by atoms with van der Waals surface area (Å²) in [4.78, 5) is 3.80. The van der Waals surface area contributed by atoms with Crippen molar-refractivity contribution >= 4 is 27.5 Å². The molecule has 1 aromatic rings. The number of pyridine rings is 1. The van der Waals surface area contributed by atoms with Crippen molar-refractivity contribution in [2.75, 3.05) is 0 Å². The first kappa shape index (κ1) is 8.94.